The van der Waals surface area contributed by atoms with E-state index >= 15 is 0 Å². The smallest absolute Gasteiger partial charge is 0.271 e. The van der Waals surface area contributed by atoms with Crippen LogP contribution in [0.2, 0.25) is 0 Å². The van der Waals surface area contributed by atoms with Crippen LogP contribution in [0.1, 0.15) is 31.8 Å². The maximum Gasteiger partial charge on any atom is 0.271 e. The molecule has 0 bridgehead atoms. The summed E-state index contributed by atoms with van der Waals surface area (Å²) >= 11 is 2.10. The van der Waals surface area contributed by atoms with E-state index in [1.165, 1.54) is 0 Å². The molecule has 2 amide bonds. The molecule has 0 atom stereocenters. The molecule has 0 radical (unpaired) electrons. The van der Waals surface area contributed by atoms with Crippen LogP contribution in [0.15, 0.2) is 73.2 Å². The molecule has 0 spiro atoms. The minimum absolute atomic E-state index is 0.372. The second kappa shape index (κ2) is 10.4. The molecule has 0 aliphatic carbocycles. The highest BCUT2D eigenvalue weighted by atomic mass is 127. The number of amides is 2. The van der Waals surface area contributed by atoms with Gasteiger partial charge < -0.3 is 5.32 Å². The van der Waals surface area contributed by atoms with Gasteiger partial charge in [-0.1, -0.05) is 18.2 Å². The summed E-state index contributed by atoms with van der Waals surface area (Å²) in [6, 6.07) is 16.3. The summed E-state index contributed by atoms with van der Waals surface area (Å²) in [6.07, 6.45) is 5.09. The number of hydrogen-bond donors (Lipinski definition) is 3. The second-order valence-electron chi connectivity index (χ2n) is 7.50. The number of rotatable bonds is 5. The Morgan fingerprint density at radius 3 is 2.47 bits per heavy atom. The molecule has 0 aliphatic heterocycles. The molecule has 2 heterocycles. The van der Waals surface area contributed by atoms with Gasteiger partial charge in [-0.25, -0.2) is 9.97 Å². The number of carbonyl (C=O) groups excluding carboxylic acids is 2. The maximum absolute atomic E-state index is 12.7. The van der Waals surface area contributed by atoms with Crippen molar-refractivity contribution in [1.29, 1.82) is 0 Å². The SMILES string of the molecule is Cc1ccc(C(=O)NNC(=O)c2c(C)cccc2I)cc1Nc1nccc(-c2cccnc2)n1. The zero-order valence-electron chi connectivity index (χ0n) is 18.5. The van der Waals surface area contributed by atoms with E-state index in [-0.39, 0.29) is 5.91 Å². The zero-order valence-corrected chi connectivity index (χ0v) is 20.6. The number of hydrazine groups is 1. The van der Waals surface area contributed by atoms with Crippen molar-refractivity contribution < 1.29 is 9.59 Å². The summed E-state index contributed by atoms with van der Waals surface area (Å²) in [6.45, 7) is 3.76. The van der Waals surface area contributed by atoms with Crippen LogP contribution >= 0.6 is 22.6 Å². The van der Waals surface area contributed by atoms with Crippen molar-refractivity contribution in [2.24, 2.45) is 0 Å². The molecular formula is C25H21IN6O2. The summed E-state index contributed by atoms with van der Waals surface area (Å²) in [5.41, 5.74) is 9.89. The fourth-order valence-corrected chi connectivity index (χ4v) is 4.16. The molecule has 0 saturated carbocycles. The molecule has 4 rings (SSSR count). The molecule has 2 aromatic heterocycles. The van der Waals surface area contributed by atoms with E-state index in [0.29, 0.717) is 22.8 Å². The summed E-state index contributed by atoms with van der Waals surface area (Å²) in [4.78, 5) is 38.2. The lowest BCUT2D eigenvalue weighted by Crippen LogP contribution is -2.42. The van der Waals surface area contributed by atoms with Gasteiger partial charge in [-0.3, -0.25) is 25.4 Å². The highest BCUT2D eigenvalue weighted by Crippen LogP contribution is 2.22. The van der Waals surface area contributed by atoms with Crippen molar-refractivity contribution in [3.8, 4) is 11.3 Å². The Morgan fingerprint density at radius 2 is 1.71 bits per heavy atom. The molecule has 8 nitrogen and oxygen atoms in total. The Kier molecular flexibility index (Phi) is 7.12. The lowest BCUT2D eigenvalue weighted by atomic mass is 10.1. The van der Waals surface area contributed by atoms with Crippen LogP contribution in [-0.2, 0) is 0 Å². The fraction of sp³-hybridized carbons (Fsp3) is 0.0800. The molecule has 0 saturated heterocycles. The molecule has 34 heavy (non-hydrogen) atoms. The second-order valence-corrected chi connectivity index (χ2v) is 8.66. The molecule has 0 aliphatic rings. The van der Waals surface area contributed by atoms with Crippen LogP contribution in [0.5, 0.6) is 0 Å². The first-order valence-corrected chi connectivity index (χ1v) is 11.5. The lowest BCUT2D eigenvalue weighted by Gasteiger charge is -2.13. The van der Waals surface area contributed by atoms with E-state index in [2.05, 4.69) is 53.7 Å². The fourth-order valence-electron chi connectivity index (χ4n) is 3.28. The molecule has 170 valence electrons. The molecule has 3 N–H and O–H groups in total. The van der Waals surface area contributed by atoms with Crippen LogP contribution < -0.4 is 16.2 Å². The van der Waals surface area contributed by atoms with Gasteiger partial charge in [0.1, 0.15) is 0 Å². The van der Waals surface area contributed by atoms with E-state index in [0.717, 1.165) is 26.0 Å². The van der Waals surface area contributed by atoms with Gasteiger partial charge in [0, 0.05) is 39.0 Å². The van der Waals surface area contributed by atoms with Gasteiger partial charge in [-0.2, -0.15) is 0 Å². The minimum atomic E-state index is -0.440. The van der Waals surface area contributed by atoms with Gasteiger partial charge in [-0.15, -0.1) is 0 Å². The molecule has 2 aromatic carbocycles. The average molecular weight is 564 g/mol. The Labute approximate surface area is 210 Å². The summed E-state index contributed by atoms with van der Waals surface area (Å²) in [5.74, 6) is -0.420. The standard InChI is InChI=1S/C25H21IN6O2/c1-15-8-9-17(23(33)31-32-24(34)22-16(2)5-3-7-19(22)26)13-21(15)30-25-28-12-10-20(29-25)18-6-4-11-27-14-18/h3-14H,1-2H3,(H,31,33)(H,32,34)(H,28,29,30). The van der Waals surface area contributed by atoms with Crippen molar-refractivity contribution in [2.75, 3.05) is 5.32 Å². The summed E-state index contributed by atoms with van der Waals surface area (Å²) in [7, 11) is 0. The number of pyridine rings is 1. The van der Waals surface area contributed by atoms with Crippen molar-refractivity contribution >= 4 is 46.0 Å². The first-order chi connectivity index (χ1) is 16.4. The number of carbonyl (C=O) groups is 2. The molecule has 0 fully saturated rings. The van der Waals surface area contributed by atoms with Crippen molar-refractivity contribution in [3.63, 3.8) is 0 Å². The minimum Gasteiger partial charge on any atom is -0.324 e. The van der Waals surface area contributed by atoms with Crippen LogP contribution in [0.3, 0.4) is 0 Å². The van der Waals surface area contributed by atoms with Crippen LogP contribution in [-0.4, -0.2) is 26.8 Å². The number of benzene rings is 2. The third-order valence-corrected chi connectivity index (χ3v) is 6.00. The van der Waals surface area contributed by atoms with E-state index in [1.54, 1.807) is 36.8 Å². The number of nitrogens with zero attached hydrogens (tertiary/aromatic N) is 3. The van der Waals surface area contributed by atoms with E-state index in [1.807, 2.05) is 50.2 Å². The largest absolute Gasteiger partial charge is 0.324 e. The zero-order chi connectivity index (χ0) is 24.1. The van der Waals surface area contributed by atoms with Crippen molar-refractivity contribution in [1.82, 2.24) is 25.8 Å². The predicted octanol–water partition coefficient (Wildman–Crippen LogP) is 4.58. The van der Waals surface area contributed by atoms with E-state index < -0.39 is 5.91 Å². The van der Waals surface area contributed by atoms with Gasteiger partial charge in [-0.05, 0) is 84.0 Å². The highest BCUT2D eigenvalue weighted by Gasteiger charge is 2.15. The first kappa shape index (κ1) is 23.3. The molecule has 0 unspecified atom stereocenters. The normalized spacial score (nSPS) is 10.4. The quantitative estimate of drug-likeness (QED) is 0.242. The van der Waals surface area contributed by atoms with Crippen LogP contribution in [0, 0.1) is 17.4 Å². The Balaban J connectivity index is 1.48. The number of anilines is 2. The highest BCUT2D eigenvalue weighted by molar-refractivity contribution is 14.1. The molecule has 9 heteroatoms. The third-order valence-electron chi connectivity index (χ3n) is 5.10. The number of hydrogen-bond acceptors (Lipinski definition) is 6. The first-order valence-electron chi connectivity index (χ1n) is 10.4. The van der Waals surface area contributed by atoms with Gasteiger partial charge in [0.15, 0.2) is 0 Å². The van der Waals surface area contributed by atoms with Crippen molar-refractivity contribution in [2.45, 2.75) is 13.8 Å². The summed E-state index contributed by atoms with van der Waals surface area (Å²) < 4.78 is 0.805. The molecule has 4 aromatic rings. The Bertz CT molecular complexity index is 1340. The Morgan fingerprint density at radius 1 is 0.882 bits per heavy atom. The van der Waals surface area contributed by atoms with E-state index in [4.69, 9.17) is 0 Å². The third kappa shape index (κ3) is 5.37. The van der Waals surface area contributed by atoms with Gasteiger partial charge in [0.25, 0.3) is 11.8 Å². The lowest BCUT2D eigenvalue weighted by molar-refractivity contribution is 0.0846. The number of aromatic nitrogens is 3. The number of aryl methyl sites for hydroxylation is 2. The van der Waals surface area contributed by atoms with Gasteiger partial charge in [0.2, 0.25) is 5.95 Å². The number of nitrogens with one attached hydrogen (secondary N) is 3. The van der Waals surface area contributed by atoms with Crippen molar-refractivity contribution in [3.05, 3.63) is 99.0 Å². The monoisotopic (exact) mass is 564 g/mol. The van der Waals surface area contributed by atoms with Crippen LogP contribution in [0.4, 0.5) is 11.6 Å². The van der Waals surface area contributed by atoms with Gasteiger partial charge in [0.05, 0.1) is 11.3 Å². The predicted molar refractivity (Wildman–Crippen MR) is 139 cm³/mol. The topological polar surface area (TPSA) is 109 Å². The Hall–Kier alpha value is -3.86. The van der Waals surface area contributed by atoms with Crippen LogP contribution in [0.25, 0.3) is 11.3 Å². The van der Waals surface area contributed by atoms with E-state index in [9.17, 15) is 9.59 Å². The average Bonchev–Trinajstić information content (AvgIpc) is 2.84. The summed E-state index contributed by atoms with van der Waals surface area (Å²) in [5, 5.41) is 3.17. The van der Waals surface area contributed by atoms with Gasteiger partial charge >= 0.3 is 0 Å². The number of halogens is 1. The maximum atomic E-state index is 12.7. The molecular weight excluding hydrogens is 543 g/mol.